The Morgan fingerprint density at radius 1 is 1.26 bits per heavy atom. The molecular formula is C12H16N2O4S. The monoisotopic (exact) mass is 284 g/mol. The van der Waals surface area contributed by atoms with Crippen LogP contribution in [0.2, 0.25) is 0 Å². The van der Waals surface area contributed by atoms with E-state index in [1.807, 2.05) is 6.92 Å². The number of rotatable bonds is 4. The molecule has 7 heteroatoms. The summed E-state index contributed by atoms with van der Waals surface area (Å²) < 4.78 is 30.3. The van der Waals surface area contributed by atoms with E-state index >= 15 is 0 Å². The van der Waals surface area contributed by atoms with Crippen molar-refractivity contribution < 1.29 is 17.9 Å². The van der Waals surface area contributed by atoms with Crippen molar-refractivity contribution in [1.29, 1.82) is 0 Å². The highest BCUT2D eigenvalue weighted by atomic mass is 32.2. The number of amides is 1. The first-order chi connectivity index (χ1) is 8.87. The van der Waals surface area contributed by atoms with Crippen LogP contribution in [0.15, 0.2) is 29.2 Å². The van der Waals surface area contributed by atoms with Crippen LogP contribution in [0.4, 0.5) is 5.69 Å². The van der Waals surface area contributed by atoms with Gasteiger partial charge >= 0.3 is 0 Å². The van der Waals surface area contributed by atoms with E-state index in [1.54, 1.807) is 12.1 Å². The lowest BCUT2D eigenvalue weighted by molar-refractivity contribution is -0.151. The summed E-state index contributed by atoms with van der Waals surface area (Å²) in [6, 6.07) is 6.01. The topological polar surface area (TPSA) is 84.5 Å². The molecule has 2 rings (SSSR count). The van der Waals surface area contributed by atoms with Crippen LogP contribution in [0.3, 0.4) is 0 Å². The number of anilines is 1. The number of hydrogen-bond donors (Lipinski definition) is 2. The van der Waals surface area contributed by atoms with Crippen LogP contribution in [-0.4, -0.2) is 34.6 Å². The second-order valence-electron chi connectivity index (χ2n) is 4.74. The van der Waals surface area contributed by atoms with E-state index in [-0.39, 0.29) is 10.8 Å². The van der Waals surface area contributed by atoms with Crippen molar-refractivity contribution in [3.05, 3.63) is 24.3 Å². The molecule has 1 aromatic carbocycles. The van der Waals surface area contributed by atoms with Gasteiger partial charge in [-0.25, -0.2) is 13.1 Å². The molecule has 6 nitrogen and oxygen atoms in total. The summed E-state index contributed by atoms with van der Waals surface area (Å²) in [4.78, 5) is 12.1. The van der Waals surface area contributed by atoms with Crippen LogP contribution in [0.1, 0.15) is 6.92 Å². The molecule has 104 valence electrons. The fraction of sp³-hybridized carbons (Fsp3) is 0.417. The molecule has 1 fully saturated rings. The van der Waals surface area contributed by atoms with Gasteiger partial charge in [0.25, 0.3) is 0 Å². The third-order valence-electron chi connectivity index (χ3n) is 3.08. The standard InChI is InChI=1S/C12H16N2O4S/c1-12(7-18-8-12)11(15)14-9-3-5-10(6-4-9)19(16,17)13-2/h3-6,13H,7-8H2,1-2H3,(H,14,15). The maximum absolute atomic E-state index is 11.9. The third-order valence-corrected chi connectivity index (χ3v) is 4.51. The van der Waals surface area contributed by atoms with Crippen molar-refractivity contribution in [3.63, 3.8) is 0 Å². The first-order valence-electron chi connectivity index (χ1n) is 5.80. The van der Waals surface area contributed by atoms with Gasteiger partial charge in [-0.15, -0.1) is 0 Å². The van der Waals surface area contributed by atoms with E-state index in [0.29, 0.717) is 18.9 Å². The molecule has 2 N–H and O–H groups in total. The van der Waals surface area contributed by atoms with Crippen molar-refractivity contribution in [1.82, 2.24) is 4.72 Å². The molecule has 0 atom stereocenters. The first kappa shape index (κ1) is 14.0. The average Bonchev–Trinajstić information content (AvgIpc) is 2.36. The van der Waals surface area contributed by atoms with Crippen molar-refractivity contribution in [3.8, 4) is 0 Å². The van der Waals surface area contributed by atoms with Crippen LogP contribution in [0, 0.1) is 5.41 Å². The van der Waals surface area contributed by atoms with Gasteiger partial charge in [0.2, 0.25) is 15.9 Å². The number of hydrogen-bond acceptors (Lipinski definition) is 4. The van der Waals surface area contributed by atoms with Gasteiger partial charge in [0.05, 0.1) is 23.5 Å². The van der Waals surface area contributed by atoms with Crippen LogP contribution < -0.4 is 10.0 Å². The largest absolute Gasteiger partial charge is 0.379 e. The number of sulfonamides is 1. The minimum Gasteiger partial charge on any atom is -0.379 e. The average molecular weight is 284 g/mol. The number of ether oxygens (including phenoxy) is 1. The molecule has 1 aliphatic heterocycles. The summed E-state index contributed by atoms with van der Waals surface area (Å²) in [6.07, 6.45) is 0. The predicted molar refractivity (Wildman–Crippen MR) is 70.2 cm³/mol. The van der Waals surface area contributed by atoms with Crippen LogP contribution in [0.5, 0.6) is 0 Å². The Morgan fingerprint density at radius 2 is 1.84 bits per heavy atom. The molecule has 1 saturated heterocycles. The van der Waals surface area contributed by atoms with Gasteiger partial charge in [0.1, 0.15) is 0 Å². The molecule has 0 saturated carbocycles. The zero-order valence-electron chi connectivity index (χ0n) is 10.8. The molecule has 0 bridgehead atoms. The number of benzene rings is 1. The van der Waals surface area contributed by atoms with E-state index in [0.717, 1.165) is 0 Å². The molecule has 1 amide bonds. The maximum atomic E-state index is 11.9. The lowest BCUT2D eigenvalue weighted by atomic mass is 9.87. The summed E-state index contributed by atoms with van der Waals surface area (Å²) in [5.41, 5.74) is 0.0728. The molecule has 1 heterocycles. The molecule has 0 unspecified atom stereocenters. The highest BCUT2D eigenvalue weighted by Crippen LogP contribution is 2.28. The number of carbonyl (C=O) groups excluding carboxylic acids is 1. The smallest absolute Gasteiger partial charge is 0.240 e. The van der Waals surface area contributed by atoms with Gasteiger partial charge < -0.3 is 10.1 Å². The van der Waals surface area contributed by atoms with Gasteiger partial charge in [-0.05, 0) is 38.2 Å². The Bertz CT molecular complexity index is 576. The van der Waals surface area contributed by atoms with E-state index in [1.165, 1.54) is 19.2 Å². The van der Waals surface area contributed by atoms with Crippen molar-refractivity contribution >= 4 is 21.6 Å². The first-order valence-corrected chi connectivity index (χ1v) is 7.28. The SMILES string of the molecule is CNS(=O)(=O)c1ccc(NC(=O)C2(C)COC2)cc1. The summed E-state index contributed by atoms with van der Waals surface area (Å²) in [5, 5.41) is 2.75. The third kappa shape index (κ3) is 2.78. The maximum Gasteiger partial charge on any atom is 0.240 e. The Morgan fingerprint density at radius 3 is 2.26 bits per heavy atom. The summed E-state index contributed by atoms with van der Waals surface area (Å²) in [5.74, 6) is -0.122. The summed E-state index contributed by atoms with van der Waals surface area (Å²) >= 11 is 0. The number of nitrogens with one attached hydrogen (secondary N) is 2. The normalized spacial score (nSPS) is 17.6. The second-order valence-corrected chi connectivity index (χ2v) is 6.63. The fourth-order valence-electron chi connectivity index (χ4n) is 1.66. The zero-order valence-corrected chi connectivity index (χ0v) is 11.6. The molecule has 0 aliphatic carbocycles. The van der Waals surface area contributed by atoms with Crippen LogP contribution >= 0.6 is 0 Å². The van der Waals surface area contributed by atoms with Crippen LogP contribution in [-0.2, 0) is 19.6 Å². The van der Waals surface area contributed by atoms with Gasteiger partial charge in [-0.1, -0.05) is 0 Å². The Kier molecular flexibility index (Phi) is 3.62. The van der Waals surface area contributed by atoms with Crippen molar-refractivity contribution in [2.45, 2.75) is 11.8 Å². The van der Waals surface area contributed by atoms with Crippen molar-refractivity contribution in [2.24, 2.45) is 5.41 Å². The van der Waals surface area contributed by atoms with E-state index in [2.05, 4.69) is 10.0 Å². The van der Waals surface area contributed by atoms with Gasteiger partial charge in [-0.2, -0.15) is 0 Å². The van der Waals surface area contributed by atoms with Gasteiger partial charge in [0, 0.05) is 5.69 Å². The summed E-state index contributed by atoms with van der Waals surface area (Å²) in [7, 11) is -2.10. The highest BCUT2D eigenvalue weighted by Gasteiger charge is 2.41. The quantitative estimate of drug-likeness (QED) is 0.846. The Balaban J connectivity index is 2.09. The van der Waals surface area contributed by atoms with Gasteiger partial charge in [-0.3, -0.25) is 4.79 Å². The van der Waals surface area contributed by atoms with E-state index < -0.39 is 15.4 Å². The zero-order chi connectivity index (χ0) is 14.1. The predicted octanol–water partition coefficient (Wildman–Crippen LogP) is 0.570. The Labute approximate surface area is 112 Å². The van der Waals surface area contributed by atoms with Crippen molar-refractivity contribution in [2.75, 3.05) is 25.6 Å². The fourth-order valence-corrected chi connectivity index (χ4v) is 2.39. The lowest BCUT2D eigenvalue weighted by Gasteiger charge is -2.36. The Hall–Kier alpha value is -1.44. The molecule has 1 aliphatic rings. The summed E-state index contributed by atoms with van der Waals surface area (Å²) in [6.45, 7) is 2.64. The highest BCUT2D eigenvalue weighted by molar-refractivity contribution is 7.89. The van der Waals surface area contributed by atoms with E-state index in [9.17, 15) is 13.2 Å². The molecule has 0 spiro atoms. The molecule has 0 radical (unpaired) electrons. The van der Waals surface area contributed by atoms with Gasteiger partial charge in [0.15, 0.2) is 0 Å². The van der Waals surface area contributed by atoms with Crippen LogP contribution in [0.25, 0.3) is 0 Å². The minimum absolute atomic E-state index is 0.122. The van der Waals surface area contributed by atoms with E-state index in [4.69, 9.17) is 4.74 Å². The molecule has 0 aromatic heterocycles. The molecule has 19 heavy (non-hydrogen) atoms. The molecular weight excluding hydrogens is 268 g/mol. The number of carbonyl (C=O) groups is 1. The lowest BCUT2D eigenvalue weighted by Crippen LogP contribution is -2.49. The minimum atomic E-state index is -3.45. The second kappa shape index (κ2) is 4.92. The molecule has 1 aromatic rings.